The zero-order chi connectivity index (χ0) is 19.3. The fraction of sp³-hybridized carbons (Fsp3) is 0.333. The first-order valence-corrected chi connectivity index (χ1v) is 8.69. The van der Waals surface area contributed by atoms with E-state index in [1.807, 2.05) is 6.07 Å². The van der Waals surface area contributed by atoms with Crippen LogP contribution in [0.3, 0.4) is 0 Å². The summed E-state index contributed by atoms with van der Waals surface area (Å²) in [5.74, 6) is 1.22. The zero-order valence-corrected chi connectivity index (χ0v) is 15.6. The lowest BCUT2D eigenvalue weighted by atomic mass is 9.98. The minimum Gasteiger partial charge on any atom is -0.478 e. The van der Waals surface area contributed by atoms with Gasteiger partial charge in [0.15, 0.2) is 5.78 Å². The fourth-order valence-electron chi connectivity index (χ4n) is 2.58. The third-order valence-electron chi connectivity index (χ3n) is 3.99. The summed E-state index contributed by atoms with van der Waals surface area (Å²) in [6.45, 7) is 8.54. The smallest absolute Gasteiger partial charge is 0.335 e. The van der Waals surface area contributed by atoms with Gasteiger partial charge in [-0.15, -0.1) is 0 Å². The summed E-state index contributed by atoms with van der Waals surface area (Å²) in [5.41, 5.74) is 2.07. The number of carbonyl (C=O) groups excluding carboxylic acids is 1. The molecule has 0 saturated carbocycles. The van der Waals surface area contributed by atoms with E-state index in [9.17, 15) is 9.59 Å². The average Bonchev–Trinajstić information content (AvgIpc) is 3.03. The van der Waals surface area contributed by atoms with E-state index in [4.69, 9.17) is 9.52 Å². The molecule has 0 aliphatic rings. The highest BCUT2D eigenvalue weighted by molar-refractivity contribution is 5.96. The Hall–Kier alpha value is -2.82. The molecule has 1 heterocycles. The molecule has 0 radical (unpaired) electrons. The molecule has 0 saturated heterocycles. The van der Waals surface area contributed by atoms with Gasteiger partial charge in [-0.3, -0.25) is 4.79 Å². The summed E-state index contributed by atoms with van der Waals surface area (Å²) in [6, 6.07) is 8.25. The molecule has 0 spiro atoms. The van der Waals surface area contributed by atoms with Crippen molar-refractivity contribution in [1.82, 2.24) is 0 Å². The van der Waals surface area contributed by atoms with Gasteiger partial charge in [0, 0.05) is 11.6 Å². The quantitative estimate of drug-likeness (QED) is 0.657. The normalized spacial score (nSPS) is 11.5. The largest absolute Gasteiger partial charge is 0.478 e. The SMILES string of the molecule is CC(C)c1cc(C=CC(=O)CNc2ccc(C(=O)O)cc2)oc1C(C)C. The van der Waals surface area contributed by atoms with Gasteiger partial charge < -0.3 is 14.8 Å². The topological polar surface area (TPSA) is 79.5 Å². The van der Waals surface area contributed by atoms with Crippen molar-refractivity contribution in [2.45, 2.75) is 39.5 Å². The van der Waals surface area contributed by atoms with Crippen molar-refractivity contribution >= 4 is 23.5 Å². The molecule has 0 aliphatic carbocycles. The van der Waals surface area contributed by atoms with Crippen molar-refractivity contribution in [3.8, 4) is 0 Å². The number of carboxylic acid groups (broad SMARTS) is 1. The van der Waals surface area contributed by atoms with Crippen LogP contribution in [0.25, 0.3) is 6.08 Å². The number of hydrogen-bond donors (Lipinski definition) is 2. The minimum atomic E-state index is -0.976. The van der Waals surface area contributed by atoms with Crippen LogP contribution in [0.2, 0.25) is 0 Å². The van der Waals surface area contributed by atoms with Crippen LogP contribution in [-0.4, -0.2) is 23.4 Å². The molecule has 26 heavy (non-hydrogen) atoms. The summed E-state index contributed by atoms with van der Waals surface area (Å²) >= 11 is 0. The molecule has 1 aromatic heterocycles. The Balaban J connectivity index is 1.97. The Morgan fingerprint density at radius 2 is 1.77 bits per heavy atom. The third-order valence-corrected chi connectivity index (χ3v) is 3.99. The molecule has 5 heteroatoms. The molecule has 0 bridgehead atoms. The predicted molar refractivity (Wildman–Crippen MR) is 103 cm³/mol. The predicted octanol–water partition coefficient (Wildman–Crippen LogP) is 4.92. The van der Waals surface area contributed by atoms with Crippen LogP contribution in [0.4, 0.5) is 5.69 Å². The molecule has 2 aromatic rings. The molecule has 0 aliphatic heterocycles. The van der Waals surface area contributed by atoms with E-state index in [-0.39, 0.29) is 17.9 Å². The fourth-order valence-corrected chi connectivity index (χ4v) is 2.58. The van der Waals surface area contributed by atoms with Gasteiger partial charge in [-0.2, -0.15) is 0 Å². The van der Waals surface area contributed by atoms with Gasteiger partial charge in [0.2, 0.25) is 0 Å². The number of rotatable bonds is 8. The van der Waals surface area contributed by atoms with Crippen molar-refractivity contribution < 1.29 is 19.1 Å². The molecule has 1 aromatic carbocycles. The Morgan fingerprint density at radius 1 is 1.12 bits per heavy atom. The van der Waals surface area contributed by atoms with Crippen molar-refractivity contribution in [1.29, 1.82) is 0 Å². The first-order valence-electron chi connectivity index (χ1n) is 8.69. The lowest BCUT2D eigenvalue weighted by Crippen LogP contribution is -2.11. The Bertz CT molecular complexity index is 772. The molecule has 0 amide bonds. The minimum absolute atomic E-state index is 0.0964. The van der Waals surface area contributed by atoms with Gasteiger partial charge in [-0.05, 0) is 54.0 Å². The van der Waals surface area contributed by atoms with Crippen LogP contribution in [0.1, 0.15) is 67.0 Å². The van der Waals surface area contributed by atoms with Crippen LogP contribution >= 0.6 is 0 Å². The maximum Gasteiger partial charge on any atom is 0.335 e. The maximum atomic E-state index is 12.0. The first kappa shape index (κ1) is 19.5. The molecule has 0 fully saturated rings. The van der Waals surface area contributed by atoms with Crippen LogP contribution < -0.4 is 5.32 Å². The van der Waals surface area contributed by atoms with Crippen LogP contribution in [0.15, 0.2) is 40.8 Å². The monoisotopic (exact) mass is 355 g/mol. The van der Waals surface area contributed by atoms with Gasteiger partial charge in [-0.1, -0.05) is 27.7 Å². The Labute approximate surface area is 153 Å². The lowest BCUT2D eigenvalue weighted by Gasteiger charge is -2.07. The van der Waals surface area contributed by atoms with Gasteiger partial charge in [0.25, 0.3) is 0 Å². The maximum absolute atomic E-state index is 12.0. The van der Waals surface area contributed by atoms with E-state index in [1.165, 1.54) is 23.8 Å². The standard InChI is InChI=1S/C21H25NO4/c1-13(2)19-11-18(26-20(19)14(3)4)10-9-17(23)12-22-16-7-5-15(6-8-16)21(24)25/h5-11,13-14,22H,12H2,1-4H3,(H,24,25). The van der Waals surface area contributed by atoms with Crippen molar-refractivity contribution in [2.75, 3.05) is 11.9 Å². The second kappa shape index (κ2) is 8.52. The molecular weight excluding hydrogens is 330 g/mol. The highest BCUT2D eigenvalue weighted by atomic mass is 16.4. The number of hydrogen-bond acceptors (Lipinski definition) is 4. The van der Waals surface area contributed by atoms with E-state index in [2.05, 4.69) is 33.0 Å². The number of benzene rings is 1. The summed E-state index contributed by atoms with van der Waals surface area (Å²) in [5, 5.41) is 11.8. The highest BCUT2D eigenvalue weighted by Gasteiger charge is 2.15. The third kappa shape index (κ3) is 5.09. The number of anilines is 1. The van der Waals surface area contributed by atoms with Crippen molar-refractivity contribution in [2.24, 2.45) is 0 Å². The van der Waals surface area contributed by atoms with Gasteiger partial charge >= 0.3 is 5.97 Å². The lowest BCUT2D eigenvalue weighted by molar-refractivity contribution is -0.113. The zero-order valence-electron chi connectivity index (χ0n) is 15.6. The molecule has 2 N–H and O–H groups in total. The van der Waals surface area contributed by atoms with E-state index in [1.54, 1.807) is 18.2 Å². The van der Waals surface area contributed by atoms with Crippen LogP contribution in [0, 0.1) is 0 Å². The summed E-state index contributed by atoms with van der Waals surface area (Å²) in [4.78, 5) is 22.9. The molecule has 5 nitrogen and oxygen atoms in total. The first-order chi connectivity index (χ1) is 12.3. The molecule has 0 atom stereocenters. The number of carbonyl (C=O) groups is 2. The summed E-state index contributed by atoms with van der Waals surface area (Å²) < 4.78 is 5.87. The number of furan rings is 1. The van der Waals surface area contributed by atoms with Gasteiger partial charge in [0.1, 0.15) is 11.5 Å². The molecular formula is C21H25NO4. The van der Waals surface area contributed by atoms with Crippen molar-refractivity contribution in [3.05, 3.63) is 59.1 Å². The van der Waals surface area contributed by atoms with Crippen molar-refractivity contribution in [3.63, 3.8) is 0 Å². The van der Waals surface area contributed by atoms with E-state index in [0.717, 1.165) is 5.76 Å². The summed E-state index contributed by atoms with van der Waals surface area (Å²) in [7, 11) is 0. The number of aromatic carboxylic acids is 1. The van der Waals surface area contributed by atoms with E-state index >= 15 is 0 Å². The second-order valence-electron chi connectivity index (χ2n) is 6.81. The molecule has 0 unspecified atom stereocenters. The van der Waals surface area contributed by atoms with Crippen LogP contribution in [0.5, 0.6) is 0 Å². The number of carboxylic acids is 1. The van der Waals surface area contributed by atoms with E-state index in [0.29, 0.717) is 23.3 Å². The average molecular weight is 355 g/mol. The van der Waals surface area contributed by atoms with Gasteiger partial charge in [0.05, 0.1) is 12.1 Å². The molecule has 138 valence electrons. The Morgan fingerprint density at radius 3 is 2.27 bits per heavy atom. The Kier molecular flexibility index (Phi) is 6.39. The highest BCUT2D eigenvalue weighted by Crippen LogP contribution is 2.29. The van der Waals surface area contributed by atoms with Crippen LogP contribution in [-0.2, 0) is 4.79 Å². The second-order valence-corrected chi connectivity index (χ2v) is 6.81. The summed E-state index contributed by atoms with van der Waals surface area (Å²) in [6.07, 6.45) is 3.18. The van der Waals surface area contributed by atoms with E-state index < -0.39 is 5.97 Å². The number of nitrogens with one attached hydrogen (secondary N) is 1. The molecule has 2 rings (SSSR count). The number of ketones is 1. The van der Waals surface area contributed by atoms with Gasteiger partial charge in [-0.25, -0.2) is 4.79 Å².